The number of hydrogen-bond donors (Lipinski definition) is 1. The Kier molecular flexibility index (Phi) is 18.0. The van der Waals surface area contributed by atoms with Gasteiger partial charge in [-0.25, -0.2) is 4.79 Å². The summed E-state index contributed by atoms with van der Waals surface area (Å²) in [5.41, 5.74) is 0.408. The fourth-order valence-corrected chi connectivity index (χ4v) is 7.65. The van der Waals surface area contributed by atoms with Crippen LogP contribution in [0.3, 0.4) is 0 Å². The molecule has 2 saturated carbocycles. The lowest BCUT2D eigenvalue weighted by atomic mass is 9.68. The van der Waals surface area contributed by atoms with Gasteiger partial charge >= 0.3 is 23.9 Å². The first-order valence-electron chi connectivity index (χ1n) is 19.9. The smallest absolute Gasteiger partial charge is 0.343 e. The number of carboxylic acid groups (broad SMARTS) is 1. The zero-order valence-electron chi connectivity index (χ0n) is 31.2. The summed E-state index contributed by atoms with van der Waals surface area (Å²) in [7, 11) is 0. The van der Waals surface area contributed by atoms with E-state index in [1.54, 1.807) is 48.5 Å². The lowest BCUT2D eigenvalue weighted by molar-refractivity contribution is -0.147. The molecule has 2 aromatic rings. The number of ether oxygens (including phenoxy) is 4. The standard InChI is InChI=1S/C43H60O9/c1-2-3-8-11-32-12-14-33(15-13-32)34-16-18-35(19-17-34)42(47)51-38-24-26-39(27-25-38)52-43(48)36-20-22-37(23-21-36)49-30-9-6-4-5-7-10-31-50-41(46)29-28-40(44)45/h20-27,32-35H,2-19,28-31H2,1H3,(H,44,45). The van der Waals surface area contributed by atoms with E-state index in [1.807, 2.05) is 0 Å². The molecule has 9 heteroatoms. The van der Waals surface area contributed by atoms with E-state index in [2.05, 4.69) is 6.92 Å². The van der Waals surface area contributed by atoms with Crippen LogP contribution in [-0.2, 0) is 19.1 Å². The van der Waals surface area contributed by atoms with E-state index in [0.717, 1.165) is 82.0 Å². The molecule has 0 bridgehead atoms. The third-order valence-electron chi connectivity index (χ3n) is 10.8. The van der Waals surface area contributed by atoms with Crippen LogP contribution in [0, 0.1) is 23.7 Å². The van der Waals surface area contributed by atoms with Crippen molar-refractivity contribution in [2.45, 2.75) is 135 Å². The number of carbonyl (C=O) groups is 4. The van der Waals surface area contributed by atoms with Gasteiger partial charge in [0.15, 0.2) is 0 Å². The predicted octanol–water partition coefficient (Wildman–Crippen LogP) is 10.1. The number of benzene rings is 2. The van der Waals surface area contributed by atoms with Crippen molar-refractivity contribution in [2.24, 2.45) is 23.7 Å². The van der Waals surface area contributed by atoms with Crippen LogP contribution in [0.15, 0.2) is 48.5 Å². The minimum atomic E-state index is -1.00. The molecule has 52 heavy (non-hydrogen) atoms. The van der Waals surface area contributed by atoms with Gasteiger partial charge in [-0.05, 0) is 118 Å². The van der Waals surface area contributed by atoms with Crippen LogP contribution in [0.2, 0.25) is 0 Å². The second kappa shape index (κ2) is 22.9. The van der Waals surface area contributed by atoms with E-state index in [4.69, 9.17) is 24.1 Å². The van der Waals surface area contributed by atoms with Crippen molar-refractivity contribution in [1.82, 2.24) is 0 Å². The highest BCUT2D eigenvalue weighted by Gasteiger charge is 2.33. The van der Waals surface area contributed by atoms with Crippen LogP contribution in [0.1, 0.15) is 146 Å². The van der Waals surface area contributed by atoms with E-state index < -0.39 is 17.9 Å². The second-order valence-electron chi connectivity index (χ2n) is 14.8. The normalized spacial score (nSPS) is 20.1. The largest absolute Gasteiger partial charge is 0.494 e. The molecule has 4 rings (SSSR count). The van der Waals surface area contributed by atoms with Crippen molar-refractivity contribution in [3.8, 4) is 17.2 Å². The van der Waals surface area contributed by atoms with Gasteiger partial charge in [0.1, 0.15) is 17.2 Å². The summed E-state index contributed by atoms with van der Waals surface area (Å²) < 4.78 is 22.1. The third-order valence-corrected chi connectivity index (χ3v) is 10.8. The number of carboxylic acids is 1. The summed E-state index contributed by atoms with van der Waals surface area (Å²) in [6, 6.07) is 13.5. The van der Waals surface area contributed by atoms with Crippen molar-refractivity contribution in [1.29, 1.82) is 0 Å². The molecule has 286 valence electrons. The van der Waals surface area contributed by atoms with Gasteiger partial charge in [-0.2, -0.15) is 0 Å². The third kappa shape index (κ3) is 15.0. The van der Waals surface area contributed by atoms with E-state index >= 15 is 0 Å². The molecule has 0 heterocycles. The second-order valence-corrected chi connectivity index (χ2v) is 14.8. The number of aliphatic carboxylic acids is 1. The van der Waals surface area contributed by atoms with E-state index in [1.165, 1.54) is 51.4 Å². The molecule has 0 saturated heterocycles. The highest BCUT2D eigenvalue weighted by Crippen LogP contribution is 2.42. The molecule has 2 fully saturated rings. The van der Waals surface area contributed by atoms with Crippen molar-refractivity contribution in [3.05, 3.63) is 54.1 Å². The van der Waals surface area contributed by atoms with Crippen LogP contribution in [0.25, 0.3) is 0 Å². The predicted molar refractivity (Wildman–Crippen MR) is 200 cm³/mol. The lowest BCUT2D eigenvalue weighted by Crippen LogP contribution is -2.30. The molecule has 0 atom stereocenters. The maximum absolute atomic E-state index is 13.0. The van der Waals surface area contributed by atoms with Crippen LogP contribution < -0.4 is 14.2 Å². The van der Waals surface area contributed by atoms with Crippen LogP contribution in [-0.4, -0.2) is 42.2 Å². The Balaban J connectivity index is 1.05. The van der Waals surface area contributed by atoms with Gasteiger partial charge in [0.05, 0.1) is 37.5 Å². The minimum Gasteiger partial charge on any atom is -0.494 e. The fraction of sp³-hybridized carbons (Fsp3) is 0.628. The highest BCUT2D eigenvalue weighted by molar-refractivity contribution is 5.91. The monoisotopic (exact) mass is 720 g/mol. The van der Waals surface area contributed by atoms with Gasteiger partial charge < -0.3 is 24.1 Å². The van der Waals surface area contributed by atoms with E-state index in [-0.39, 0.29) is 24.7 Å². The van der Waals surface area contributed by atoms with Crippen LogP contribution >= 0.6 is 0 Å². The molecular weight excluding hydrogens is 660 g/mol. The molecule has 2 aliphatic rings. The molecule has 1 N–H and O–H groups in total. The average molecular weight is 721 g/mol. The summed E-state index contributed by atoms with van der Waals surface area (Å²) in [6.45, 7) is 3.18. The topological polar surface area (TPSA) is 125 Å². The van der Waals surface area contributed by atoms with Crippen molar-refractivity contribution < 1.29 is 43.2 Å². The van der Waals surface area contributed by atoms with Gasteiger partial charge in [0.25, 0.3) is 0 Å². The SMILES string of the molecule is CCCCCC1CCC(C2CCC(C(=O)Oc3ccc(OC(=O)c4ccc(OCCCCCCCCOC(=O)CCC(=O)O)cc4)cc3)CC2)CC1. The zero-order valence-corrected chi connectivity index (χ0v) is 31.2. The Hall–Kier alpha value is -3.88. The maximum atomic E-state index is 13.0. The average Bonchev–Trinajstić information content (AvgIpc) is 3.16. The molecule has 0 radical (unpaired) electrons. The Bertz CT molecular complexity index is 1350. The van der Waals surface area contributed by atoms with Gasteiger partial charge in [-0.15, -0.1) is 0 Å². The summed E-state index contributed by atoms with van der Waals surface area (Å²) in [5, 5.41) is 8.58. The molecule has 0 unspecified atom stereocenters. The summed E-state index contributed by atoms with van der Waals surface area (Å²) in [5.74, 6) is 1.89. The van der Waals surface area contributed by atoms with Crippen LogP contribution in [0.5, 0.6) is 17.2 Å². The van der Waals surface area contributed by atoms with Gasteiger partial charge in [0, 0.05) is 0 Å². The Morgan fingerprint density at radius 3 is 1.79 bits per heavy atom. The zero-order chi connectivity index (χ0) is 37.0. The van der Waals surface area contributed by atoms with Crippen molar-refractivity contribution >= 4 is 23.9 Å². The Morgan fingerprint density at radius 2 is 1.17 bits per heavy atom. The first kappa shape index (κ1) is 40.9. The van der Waals surface area contributed by atoms with E-state index in [9.17, 15) is 19.2 Å². The molecule has 0 amide bonds. The number of unbranched alkanes of at least 4 members (excludes halogenated alkanes) is 7. The number of carbonyl (C=O) groups excluding carboxylic acids is 3. The lowest BCUT2D eigenvalue weighted by Gasteiger charge is -2.37. The summed E-state index contributed by atoms with van der Waals surface area (Å²) in [6.07, 6.45) is 20.4. The molecule has 0 aromatic heterocycles. The Morgan fingerprint density at radius 1 is 0.615 bits per heavy atom. The Labute approximate surface area is 310 Å². The number of esters is 3. The number of rotatable bonds is 22. The summed E-state index contributed by atoms with van der Waals surface area (Å²) in [4.78, 5) is 47.5. The molecule has 0 spiro atoms. The molecule has 2 aromatic carbocycles. The maximum Gasteiger partial charge on any atom is 0.343 e. The summed E-state index contributed by atoms with van der Waals surface area (Å²) >= 11 is 0. The van der Waals surface area contributed by atoms with Crippen LogP contribution in [0.4, 0.5) is 0 Å². The van der Waals surface area contributed by atoms with Gasteiger partial charge in [0.2, 0.25) is 0 Å². The van der Waals surface area contributed by atoms with Crippen molar-refractivity contribution in [3.63, 3.8) is 0 Å². The molecule has 9 nitrogen and oxygen atoms in total. The van der Waals surface area contributed by atoms with E-state index in [0.29, 0.717) is 36.0 Å². The minimum absolute atomic E-state index is 0.0483. The van der Waals surface area contributed by atoms with Gasteiger partial charge in [-0.1, -0.05) is 71.1 Å². The first-order chi connectivity index (χ1) is 25.3. The molecular formula is C43H60O9. The quantitative estimate of drug-likeness (QED) is 0.0718. The number of hydrogen-bond acceptors (Lipinski definition) is 8. The first-order valence-corrected chi connectivity index (χ1v) is 19.9. The highest BCUT2D eigenvalue weighted by atomic mass is 16.5. The molecule has 2 aliphatic carbocycles. The fourth-order valence-electron chi connectivity index (χ4n) is 7.65. The van der Waals surface area contributed by atoms with Crippen molar-refractivity contribution in [2.75, 3.05) is 13.2 Å². The molecule has 0 aliphatic heterocycles. The van der Waals surface area contributed by atoms with Gasteiger partial charge in [-0.3, -0.25) is 14.4 Å².